The van der Waals surface area contributed by atoms with E-state index in [0.717, 1.165) is 11.3 Å². The number of hydrogen-bond donors (Lipinski definition) is 1. The second-order valence-electron chi connectivity index (χ2n) is 3.13. The van der Waals surface area contributed by atoms with Crippen molar-refractivity contribution in [3.8, 4) is 0 Å². The number of carboxylic acid groups (broad SMARTS) is 1. The Balaban J connectivity index is 2.75. The summed E-state index contributed by atoms with van der Waals surface area (Å²) in [5, 5.41) is 10.2. The molecule has 1 N–H and O–H groups in total. The molecule has 0 aliphatic carbocycles. The number of carbonyl (C=O) groups is 1. The van der Waals surface area contributed by atoms with Crippen molar-refractivity contribution < 1.29 is 23.1 Å². The molecule has 0 aliphatic heterocycles. The number of aliphatic carboxylic acids is 1. The van der Waals surface area contributed by atoms with E-state index in [9.17, 15) is 18.0 Å². The predicted molar refractivity (Wildman–Crippen MR) is 50.0 cm³/mol. The molecule has 0 aliphatic rings. The lowest BCUT2D eigenvalue weighted by Crippen LogP contribution is -2.16. The van der Waals surface area contributed by atoms with Crippen LogP contribution >= 0.6 is 11.3 Å². The summed E-state index contributed by atoms with van der Waals surface area (Å²) in [6.07, 6.45) is -5.90. The predicted octanol–water partition coefficient (Wildman–Crippen LogP) is 3.26. The van der Waals surface area contributed by atoms with Crippen molar-refractivity contribution in [2.75, 3.05) is 0 Å². The lowest BCUT2D eigenvalue weighted by molar-refractivity contribution is -0.145. The van der Waals surface area contributed by atoms with Gasteiger partial charge in [-0.1, -0.05) is 6.07 Å². The maximum atomic E-state index is 12.2. The van der Waals surface area contributed by atoms with Crippen LogP contribution in [0.1, 0.15) is 23.6 Å². The smallest absolute Gasteiger partial charge is 0.389 e. The van der Waals surface area contributed by atoms with E-state index in [1.165, 1.54) is 6.07 Å². The van der Waals surface area contributed by atoms with E-state index in [1.807, 2.05) is 0 Å². The molecule has 0 aromatic carbocycles. The summed E-state index contributed by atoms with van der Waals surface area (Å²) in [7, 11) is 0. The van der Waals surface area contributed by atoms with Gasteiger partial charge in [-0.3, -0.25) is 4.79 Å². The molecule has 0 radical (unpaired) electrons. The third-order valence-electron chi connectivity index (χ3n) is 1.84. The first-order valence-electron chi connectivity index (χ1n) is 4.20. The standard InChI is InChI=1S/C9H9F3O2S/c10-9(11,12)5-6(4-8(13)14)7-2-1-3-15-7/h1-3,6H,4-5H2,(H,13,14). The zero-order valence-corrected chi connectivity index (χ0v) is 8.44. The molecule has 2 nitrogen and oxygen atoms in total. The number of halogens is 3. The van der Waals surface area contributed by atoms with Crippen LogP contribution in [-0.4, -0.2) is 17.3 Å². The van der Waals surface area contributed by atoms with Gasteiger partial charge in [-0.25, -0.2) is 0 Å². The van der Waals surface area contributed by atoms with Crippen LogP contribution < -0.4 is 0 Å². The fraction of sp³-hybridized carbons (Fsp3) is 0.444. The second kappa shape index (κ2) is 4.65. The van der Waals surface area contributed by atoms with Gasteiger partial charge in [-0.2, -0.15) is 13.2 Å². The van der Waals surface area contributed by atoms with Gasteiger partial charge in [0, 0.05) is 10.8 Å². The average Bonchev–Trinajstić information content (AvgIpc) is 2.50. The van der Waals surface area contributed by atoms with E-state index in [4.69, 9.17) is 5.11 Å². The molecule has 1 unspecified atom stereocenters. The van der Waals surface area contributed by atoms with E-state index in [1.54, 1.807) is 11.4 Å². The SMILES string of the molecule is O=C(O)CC(CC(F)(F)F)c1cccs1. The van der Waals surface area contributed by atoms with Crippen molar-refractivity contribution in [1.82, 2.24) is 0 Å². The maximum absolute atomic E-state index is 12.2. The molecule has 0 saturated carbocycles. The molecule has 0 bridgehead atoms. The summed E-state index contributed by atoms with van der Waals surface area (Å²) >= 11 is 1.15. The van der Waals surface area contributed by atoms with Crippen LogP contribution in [0.3, 0.4) is 0 Å². The number of rotatable bonds is 4. The first-order chi connectivity index (χ1) is 6.88. The Hall–Kier alpha value is -1.04. The normalized spacial score (nSPS) is 13.8. The lowest BCUT2D eigenvalue weighted by Gasteiger charge is -2.15. The molecule has 0 fully saturated rings. The van der Waals surface area contributed by atoms with E-state index in [2.05, 4.69) is 0 Å². The molecule has 6 heteroatoms. The zero-order valence-electron chi connectivity index (χ0n) is 7.62. The van der Waals surface area contributed by atoms with Crippen molar-refractivity contribution in [1.29, 1.82) is 0 Å². The molecule has 1 aromatic rings. The summed E-state index contributed by atoms with van der Waals surface area (Å²) < 4.78 is 36.5. The molecular weight excluding hydrogens is 229 g/mol. The van der Waals surface area contributed by atoms with Gasteiger partial charge >= 0.3 is 12.1 Å². The minimum Gasteiger partial charge on any atom is -0.481 e. The molecule has 1 rings (SSSR count). The fourth-order valence-electron chi connectivity index (χ4n) is 1.29. The van der Waals surface area contributed by atoms with Gasteiger partial charge in [0.25, 0.3) is 0 Å². The monoisotopic (exact) mass is 238 g/mol. The van der Waals surface area contributed by atoms with E-state index in [-0.39, 0.29) is 0 Å². The summed E-state index contributed by atoms with van der Waals surface area (Å²) in [5.74, 6) is -2.18. The highest BCUT2D eigenvalue weighted by Gasteiger charge is 2.33. The number of hydrogen-bond acceptors (Lipinski definition) is 2. The minimum absolute atomic E-state index is 0.467. The number of carboxylic acids is 1. The minimum atomic E-state index is -4.33. The van der Waals surface area contributed by atoms with Gasteiger partial charge in [0.05, 0.1) is 12.8 Å². The summed E-state index contributed by atoms with van der Waals surface area (Å²) in [6, 6.07) is 3.15. The molecule has 84 valence electrons. The van der Waals surface area contributed by atoms with Crippen molar-refractivity contribution in [2.45, 2.75) is 24.9 Å². The zero-order chi connectivity index (χ0) is 11.5. The highest BCUT2D eigenvalue weighted by atomic mass is 32.1. The molecule has 0 amide bonds. The Morgan fingerprint density at radius 1 is 1.53 bits per heavy atom. The largest absolute Gasteiger partial charge is 0.481 e. The summed E-state index contributed by atoms with van der Waals surface area (Å²) in [6.45, 7) is 0. The van der Waals surface area contributed by atoms with Crippen LogP contribution in [0.15, 0.2) is 17.5 Å². The maximum Gasteiger partial charge on any atom is 0.389 e. The Bertz CT molecular complexity index is 319. The van der Waals surface area contributed by atoms with Gasteiger partial charge < -0.3 is 5.11 Å². The molecular formula is C9H9F3O2S. The highest BCUT2D eigenvalue weighted by Crippen LogP contribution is 2.35. The topological polar surface area (TPSA) is 37.3 Å². The molecule has 1 heterocycles. The van der Waals surface area contributed by atoms with E-state index >= 15 is 0 Å². The van der Waals surface area contributed by atoms with Crippen LogP contribution in [0.2, 0.25) is 0 Å². The van der Waals surface area contributed by atoms with Gasteiger partial charge in [0.2, 0.25) is 0 Å². The molecule has 15 heavy (non-hydrogen) atoms. The summed E-state index contributed by atoms with van der Waals surface area (Å²) in [4.78, 5) is 10.9. The molecule has 0 spiro atoms. The molecule has 1 aromatic heterocycles. The van der Waals surface area contributed by atoms with Gasteiger partial charge in [-0.05, 0) is 11.4 Å². The van der Waals surface area contributed by atoms with E-state index < -0.39 is 30.9 Å². The fourth-order valence-corrected chi connectivity index (χ4v) is 2.12. The van der Waals surface area contributed by atoms with Crippen LogP contribution in [0.4, 0.5) is 13.2 Å². The number of thiophene rings is 1. The third kappa shape index (κ3) is 4.33. The Morgan fingerprint density at radius 3 is 2.60 bits per heavy atom. The number of alkyl halides is 3. The summed E-state index contributed by atoms with van der Waals surface area (Å²) in [5.41, 5.74) is 0. The first-order valence-corrected chi connectivity index (χ1v) is 5.08. The first kappa shape index (κ1) is 12.0. The van der Waals surface area contributed by atoms with Crippen molar-refractivity contribution in [3.63, 3.8) is 0 Å². The molecule has 0 saturated heterocycles. The Kier molecular flexibility index (Phi) is 3.73. The second-order valence-corrected chi connectivity index (χ2v) is 4.11. The van der Waals surface area contributed by atoms with Crippen LogP contribution in [0.5, 0.6) is 0 Å². The van der Waals surface area contributed by atoms with Crippen LogP contribution in [0.25, 0.3) is 0 Å². The Labute approximate surface area is 88.3 Å². The lowest BCUT2D eigenvalue weighted by atomic mass is 9.99. The van der Waals surface area contributed by atoms with Crippen LogP contribution in [-0.2, 0) is 4.79 Å². The van der Waals surface area contributed by atoms with E-state index in [0.29, 0.717) is 4.88 Å². The van der Waals surface area contributed by atoms with Gasteiger partial charge in [0.15, 0.2) is 0 Å². The van der Waals surface area contributed by atoms with Crippen molar-refractivity contribution >= 4 is 17.3 Å². The third-order valence-corrected chi connectivity index (χ3v) is 2.88. The highest BCUT2D eigenvalue weighted by molar-refractivity contribution is 7.10. The Morgan fingerprint density at radius 2 is 2.20 bits per heavy atom. The van der Waals surface area contributed by atoms with Gasteiger partial charge in [0.1, 0.15) is 0 Å². The quantitative estimate of drug-likeness (QED) is 0.874. The van der Waals surface area contributed by atoms with Gasteiger partial charge in [-0.15, -0.1) is 11.3 Å². The van der Waals surface area contributed by atoms with Crippen LogP contribution in [0, 0.1) is 0 Å². The van der Waals surface area contributed by atoms with Crippen molar-refractivity contribution in [3.05, 3.63) is 22.4 Å². The average molecular weight is 238 g/mol. The molecule has 1 atom stereocenters. The van der Waals surface area contributed by atoms with Crippen molar-refractivity contribution in [2.24, 2.45) is 0 Å².